The maximum Gasteiger partial charge on any atom is 0.0771 e. The van der Waals surface area contributed by atoms with E-state index >= 15 is 0 Å². The molecule has 0 aromatic heterocycles. The van der Waals surface area contributed by atoms with Gasteiger partial charge in [0.15, 0.2) is 0 Å². The lowest BCUT2D eigenvalue weighted by molar-refractivity contribution is 0.0203. The van der Waals surface area contributed by atoms with Crippen LogP contribution in [0.25, 0.3) is 0 Å². The Morgan fingerprint density at radius 2 is 1.72 bits per heavy atom. The average molecular weight is 250 g/mol. The van der Waals surface area contributed by atoms with Crippen LogP contribution in [0.1, 0.15) is 64.2 Å². The van der Waals surface area contributed by atoms with Crippen molar-refractivity contribution in [2.45, 2.75) is 75.9 Å². The number of aliphatic hydroxyl groups is 1. The van der Waals surface area contributed by atoms with Gasteiger partial charge in [-0.25, -0.2) is 0 Å². The molecule has 0 amide bonds. The lowest BCUT2D eigenvalue weighted by Gasteiger charge is -2.33. The third kappa shape index (κ3) is 3.70. The van der Waals surface area contributed by atoms with E-state index < -0.39 is 5.60 Å². The van der Waals surface area contributed by atoms with Crippen molar-refractivity contribution in [1.82, 2.24) is 5.32 Å². The van der Waals surface area contributed by atoms with Crippen LogP contribution in [0.5, 0.6) is 0 Å². The van der Waals surface area contributed by atoms with Crippen molar-refractivity contribution in [2.75, 3.05) is 6.54 Å². The Bertz CT molecular complexity index is 289. The summed E-state index contributed by atoms with van der Waals surface area (Å²) in [6.45, 7) is 0.676. The minimum absolute atomic E-state index is 0.146. The molecule has 3 nitrogen and oxygen atoms in total. The van der Waals surface area contributed by atoms with Gasteiger partial charge in [-0.15, -0.1) is 0 Å². The highest BCUT2D eigenvalue weighted by Crippen LogP contribution is 2.28. The molecule has 2 rings (SSSR count). The van der Waals surface area contributed by atoms with Crippen molar-refractivity contribution in [2.24, 2.45) is 5.92 Å². The molecule has 0 bridgehead atoms. The number of rotatable bonds is 3. The monoisotopic (exact) mass is 250 g/mol. The van der Waals surface area contributed by atoms with Gasteiger partial charge in [0, 0.05) is 12.6 Å². The smallest absolute Gasteiger partial charge is 0.0771 e. The van der Waals surface area contributed by atoms with Gasteiger partial charge in [-0.3, -0.25) is 0 Å². The molecule has 2 unspecified atom stereocenters. The van der Waals surface area contributed by atoms with Crippen LogP contribution in [0.4, 0.5) is 0 Å². The molecule has 0 aliphatic heterocycles. The van der Waals surface area contributed by atoms with Crippen molar-refractivity contribution >= 4 is 0 Å². The van der Waals surface area contributed by atoms with Crippen LogP contribution >= 0.6 is 0 Å². The van der Waals surface area contributed by atoms with Gasteiger partial charge >= 0.3 is 0 Å². The van der Waals surface area contributed by atoms with Crippen LogP contribution in [-0.2, 0) is 0 Å². The first-order valence-corrected chi connectivity index (χ1v) is 7.59. The molecule has 0 saturated heterocycles. The molecule has 0 aromatic carbocycles. The largest absolute Gasteiger partial charge is 0.389 e. The summed E-state index contributed by atoms with van der Waals surface area (Å²) in [7, 11) is 0. The highest BCUT2D eigenvalue weighted by atomic mass is 16.3. The van der Waals surface area contributed by atoms with E-state index in [1.807, 2.05) is 0 Å². The van der Waals surface area contributed by atoms with E-state index in [9.17, 15) is 5.11 Å². The standard InChI is InChI=1S/C15H26N2O/c16-11-13-7-3-4-8-14(13)17-12-15(18)9-5-1-2-6-10-15/h13-14,17-18H,1-10,12H2. The van der Waals surface area contributed by atoms with Crippen LogP contribution in [0.2, 0.25) is 0 Å². The summed E-state index contributed by atoms with van der Waals surface area (Å²) in [4.78, 5) is 0. The second-order valence-electron chi connectivity index (χ2n) is 6.15. The predicted octanol–water partition coefficient (Wildman–Crippen LogP) is 2.74. The molecule has 3 heteroatoms. The quantitative estimate of drug-likeness (QED) is 0.757. The molecule has 2 N–H and O–H groups in total. The third-order valence-corrected chi connectivity index (χ3v) is 4.66. The summed E-state index contributed by atoms with van der Waals surface area (Å²) >= 11 is 0. The third-order valence-electron chi connectivity index (χ3n) is 4.66. The van der Waals surface area contributed by atoms with Crippen molar-refractivity contribution < 1.29 is 5.11 Å². The van der Waals surface area contributed by atoms with Gasteiger partial charge in [-0.05, 0) is 25.7 Å². The Morgan fingerprint density at radius 3 is 2.39 bits per heavy atom. The van der Waals surface area contributed by atoms with Crippen LogP contribution in [0.3, 0.4) is 0 Å². The second kappa shape index (κ2) is 6.54. The van der Waals surface area contributed by atoms with Crippen molar-refractivity contribution in [1.29, 1.82) is 5.26 Å². The Hall–Kier alpha value is -0.590. The molecular weight excluding hydrogens is 224 g/mol. The van der Waals surface area contributed by atoms with E-state index in [1.54, 1.807) is 0 Å². The molecule has 2 atom stereocenters. The zero-order chi connectivity index (χ0) is 12.8. The first-order chi connectivity index (χ1) is 8.73. The van der Waals surface area contributed by atoms with Gasteiger partial charge in [-0.2, -0.15) is 5.26 Å². The molecular formula is C15H26N2O. The summed E-state index contributed by atoms with van der Waals surface area (Å²) in [5, 5.41) is 23.2. The minimum Gasteiger partial charge on any atom is -0.389 e. The maximum atomic E-state index is 10.6. The molecule has 102 valence electrons. The van der Waals surface area contributed by atoms with Gasteiger partial charge in [0.1, 0.15) is 0 Å². The van der Waals surface area contributed by atoms with Crippen LogP contribution in [-0.4, -0.2) is 23.3 Å². The molecule has 0 aromatic rings. The topological polar surface area (TPSA) is 56.0 Å². The molecule has 2 aliphatic carbocycles. The van der Waals surface area contributed by atoms with Crippen molar-refractivity contribution in [3.05, 3.63) is 0 Å². The lowest BCUT2D eigenvalue weighted by Crippen LogP contribution is -2.47. The number of nitriles is 1. The first-order valence-electron chi connectivity index (χ1n) is 7.59. The van der Waals surface area contributed by atoms with E-state index in [0.717, 1.165) is 38.5 Å². The summed E-state index contributed by atoms with van der Waals surface area (Å²) in [5.74, 6) is 0.146. The molecule has 2 fully saturated rings. The van der Waals surface area contributed by atoms with Crippen LogP contribution in [0.15, 0.2) is 0 Å². The van der Waals surface area contributed by atoms with Gasteiger partial charge in [0.05, 0.1) is 17.6 Å². The Labute approximate surface area is 111 Å². The second-order valence-corrected chi connectivity index (χ2v) is 6.15. The first kappa shape index (κ1) is 13.8. The fourth-order valence-corrected chi connectivity index (χ4v) is 3.41. The van der Waals surface area contributed by atoms with Crippen molar-refractivity contribution in [3.63, 3.8) is 0 Å². The van der Waals surface area contributed by atoms with Crippen molar-refractivity contribution in [3.8, 4) is 6.07 Å². The summed E-state index contributed by atoms with van der Waals surface area (Å²) in [6, 6.07) is 2.72. The van der Waals surface area contributed by atoms with Crippen LogP contribution < -0.4 is 5.32 Å². The highest BCUT2D eigenvalue weighted by Gasteiger charge is 2.31. The normalized spacial score (nSPS) is 32.4. The highest BCUT2D eigenvalue weighted by molar-refractivity contribution is 4.96. The van der Waals surface area contributed by atoms with E-state index in [0.29, 0.717) is 12.6 Å². The summed E-state index contributed by atoms with van der Waals surface area (Å²) < 4.78 is 0. The summed E-state index contributed by atoms with van der Waals surface area (Å²) in [5.41, 5.74) is -0.520. The predicted molar refractivity (Wildman–Crippen MR) is 72.0 cm³/mol. The zero-order valence-electron chi connectivity index (χ0n) is 11.3. The molecule has 0 radical (unpaired) electrons. The fraction of sp³-hybridized carbons (Fsp3) is 0.933. The van der Waals surface area contributed by atoms with Crippen LogP contribution in [0, 0.1) is 17.2 Å². The Kier molecular flexibility index (Phi) is 5.03. The molecule has 18 heavy (non-hydrogen) atoms. The minimum atomic E-state index is -0.520. The van der Waals surface area contributed by atoms with Gasteiger partial charge in [-0.1, -0.05) is 38.5 Å². The number of hydrogen-bond acceptors (Lipinski definition) is 3. The Morgan fingerprint density at radius 1 is 1.06 bits per heavy atom. The number of nitrogens with zero attached hydrogens (tertiary/aromatic N) is 1. The molecule has 0 heterocycles. The molecule has 0 spiro atoms. The maximum absolute atomic E-state index is 10.6. The van der Waals surface area contributed by atoms with Gasteiger partial charge < -0.3 is 10.4 Å². The van der Waals surface area contributed by atoms with Gasteiger partial charge in [0.2, 0.25) is 0 Å². The van der Waals surface area contributed by atoms with E-state index in [1.165, 1.54) is 25.7 Å². The molecule has 2 aliphatic rings. The Balaban J connectivity index is 1.83. The SMILES string of the molecule is N#CC1CCCCC1NCC1(O)CCCCCC1. The van der Waals surface area contributed by atoms with E-state index in [2.05, 4.69) is 11.4 Å². The van der Waals surface area contributed by atoms with E-state index in [4.69, 9.17) is 5.26 Å². The molecule has 2 saturated carbocycles. The lowest BCUT2D eigenvalue weighted by atomic mass is 9.84. The zero-order valence-corrected chi connectivity index (χ0v) is 11.3. The van der Waals surface area contributed by atoms with Gasteiger partial charge in [0.25, 0.3) is 0 Å². The number of hydrogen-bond donors (Lipinski definition) is 2. The average Bonchev–Trinajstić information content (AvgIpc) is 2.62. The summed E-state index contributed by atoms with van der Waals surface area (Å²) in [6.07, 6.45) is 11.2. The van der Waals surface area contributed by atoms with E-state index in [-0.39, 0.29) is 5.92 Å². The fourth-order valence-electron chi connectivity index (χ4n) is 3.41. The number of nitrogens with one attached hydrogen (secondary N) is 1.